The largest absolute Gasteiger partial charge is 0.350 e. The summed E-state index contributed by atoms with van der Waals surface area (Å²) in [6.07, 6.45) is 8.32. The van der Waals surface area contributed by atoms with E-state index in [2.05, 4.69) is 10.3 Å². The summed E-state index contributed by atoms with van der Waals surface area (Å²) in [5.74, 6) is 0.0890. The van der Waals surface area contributed by atoms with Crippen molar-refractivity contribution in [3.8, 4) is 0 Å². The van der Waals surface area contributed by atoms with E-state index in [0.29, 0.717) is 19.5 Å². The molecular weight excluding hydrogens is 359 g/mol. The minimum atomic E-state index is 0. The molecule has 0 spiro atoms. The number of carbonyl (C=O) groups excluding carboxylic acids is 1. The summed E-state index contributed by atoms with van der Waals surface area (Å²) in [6, 6.07) is 6.02. The van der Waals surface area contributed by atoms with Crippen LogP contribution in [0, 0.1) is 12.3 Å². The third kappa shape index (κ3) is 5.09. The normalized spacial score (nSPS) is 15.9. The quantitative estimate of drug-likeness (QED) is 0.826. The van der Waals surface area contributed by atoms with Crippen LogP contribution in [0.1, 0.15) is 49.9 Å². The number of nitrogens with one attached hydrogen (secondary N) is 1. The number of aromatic nitrogens is 2. The predicted molar refractivity (Wildman–Crippen MR) is 105 cm³/mol. The Morgan fingerprint density at radius 1 is 1.28 bits per heavy atom. The maximum absolute atomic E-state index is 12.3. The number of rotatable bonds is 5. The first-order chi connectivity index (χ1) is 11.1. The molecule has 1 saturated carbocycles. The van der Waals surface area contributed by atoms with Gasteiger partial charge in [0.25, 0.3) is 0 Å². The van der Waals surface area contributed by atoms with Crippen molar-refractivity contribution in [1.29, 1.82) is 0 Å². The highest BCUT2D eigenvalue weighted by molar-refractivity contribution is 5.85. The van der Waals surface area contributed by atoms with Crippen LogP contribution >= 0.6 is 24.8 Å². The third-order valence-corrected chi connectivity index (χ3v) is 5.10. The van der Waals surface area contributed by atoms with Crippen molar-refractivity contribution in [2.24, 2.45) is 11.1 Å². The Labute approximate surface area is 161 Å². The molecule has 1 aliphatic rings. The maximum atomic E-state index is 12.3. The fraction of sp³-hybridized carbons (Fsp3) is 0.556. The summed E-state index contributed by atoms with van der Waals surface area (Å²) in [7, 11) is 0. The van der Waals surface area contributed by atoms with Gasteiger partial charge in [-0.15, -0.1) is 24.8 Å². The number of halogens is 2. The molecule has 5 nitrogen and oxygen atoms in total. The van der Waals surface area contributed by atoms with E-state index in [9.17, 15) is 4.79 Å². The van der Waals surface area contributed by atoms with Gasteiger partial charge in [-0.2, -0.15) is 0 Å². The first kappa shape index (κ1) is 21.7. The van der Waals surface area contributed by atoms with Crippen LogP contribution in [0.4, 0.5) is 0 Å². The first-order valence-corrected chi connectivity index (χ1v) is 8.52. The molecular formula is C18H28Cl2N4O. The zero-order chi connectivity index (χ0) is 16.3. The van der Waals surface area contributed by atoms with Gasteiger partial charge >= 0.3 is 0 Å². The minimum Gasteiger partial charge on any atom is -0.350 e. The van der Waals surface area contributed by atoms with Crippen LogP contribution in [0.2, 0.25) is 0 Å². The smallest absolute Gasteiger partial charge is 0.220 e. The standard InChI is InChI=1S/C18H26N4O.2ClH/c1-14-6-5-7-16-21-15(12-22(14)16)11-20-17(23)10-18(13-19)8-3-2-4-9-18;;/h5-7,12H,2-4,8-11,13,19H2,1H3,(H,20,23);2*1H. The van der Waals surface area contributed by atoms with Gasteiger partial charge in [-0.25, -0.2) is 4.98 Å². The molecule has 2 heterocycles. The lowest BCUT2D eigenvalue weighted by atomic mass is 9.71. The average Bonchev–Trinajstić information content (AvgIpc) is 2.98. The van der Waals surface area contributed by atoms with Crippen molar-refractivity contribution in [2.45, 2.75) is 52.0 Å². The number of imidazole rings is 1. The van der Waals surface area contributed by atoms with E-state index < -0.39 is 0 Å². The highest BCUT2D eigenvalue weighted by Crippen LogP contribution is 2.38. The Bertz CT molecular complexity index is 695. The number of nitrogens with two attached hydrogens (primary N) is 1. The van der Waals surface area contributed by atoms with E-state index in [0.717, 1.165) is 29.9 Å². The number of hydrogen-bond acceptors (Lipinski definition) is 3. The van der Waals surface area contributed by atoms with E-state index in [1.165, 1.54) is 19.3 Å². The Balaban J connectivity index is 0.00000156. The average molecular weight is 387 g/mol. The van der Waals surface area contributed by atoms with E-state index in [-0.39, 0.29) is 36.1 Å². The summed E-state index contributed by atoms with van der Waals surface area (Å²) < 4.78 is 2.05. The lowest BCUT2D eigenvalue weighted by Gasteiger charge is -2.35. The highest BCUT2D eigenvalue weighted by Gasteiger charge is 2.32. The summed E-state index contributed by atoms with van der Waals surface area (Å²) in [4.78, 5) is 16.9. The zero-order valence-electron chi connectivity index (χ0n) is 14.7. The molecule has 0 unspecified atom stereocenters. The van der Waals surface area contributed by atoms with Crippen LogP contribution in [0.25, 0.3) is 5.65 Å². The van der Waals surface area contributed by atoms with Gasteiger partial charge in [0.15, 0.2) is 0 Å². The molecule has 0 atom stereocenters. The van der Waals surface area contributed by atoms with Crippen molar-refractivity contribution in [3.05, 3.63) is 35.8 Å². The molecule has 140 valence electrons. The Morgan fingerprint density at radius 3 is 2.64 bits per heavy atom. The molecule has 0 aliphatic heterocycles. The molecule has 0 aromatic carbocycles. The molecule has 25 heavy (non-hydrogen) atoms. The van der Waals surface area contributed by atoms with Gasteiger partial charge in [0.1, 0.15) is 5.65 Å². The highest BCUT2D eigenvalue weighted by atomic mass is 35.5. The Hall–Kier alpha value is -1.30. The number of pyridine rings is 1. The van der Waals surface area contributed by atoms with E-state index in [1.807, 2.05) is 35.7 Å². The molecule has 1 aliphatic carbocycles. The van der Waals surface area contributed by atoms with E-state index in [4.69, 9.17) is 5.73 Å². The SMILES string of the molecule is Cc1cccc2nc(CNC(=O)CC3(CN)CCCCC3)cn12.Cl.Cl. The first-order valence-electron chi connectivity index (χ1n) is 8.52. The Kier molecular flexibility index (Phi) is 8.19. The molecule has 2 aromatic heterocycles. The third-order valence-electron chi connectivity index (χ3n) is 5.10. The van der Waals surface area contributed by atoms with Crippen LogP contribution in [0.5, 0.6) is 0 Å². The molecule has 2 aromatic rings. The molecule has 0 radical (unpaired) electrons. The molecule has 3 rings (SSSR count). The molecule has 1 amide bonds. The van der Waals surface area contributed by atoms with Crippen LogP contribution in [-0.4, -0.2) is 21.8 Å². The number of nitrogens with zero attached hydrogens (tertiary/aromatic N) is 2. The van der Waals surface area contributed by atoms with Crippen molar-refractivity contribution in [3.63, 3.8) is 0 Å². The topological polar surface area (TPSA) is 72.4 Å². The van der Waals surface area contributed by atoms with Crippen molar-refractivity contribution < 1.29 is 4.79 Å². The van der Waals surface area contributed by atoms with Gasteiger partial charge < -0.3 is 15.5 Å². The summed E-state index contributed by atoms with van der Waals surface area (Å²) in [5.41, 5.74) is 8.92. The summed E-state index contributed by atoms with van der Waals surface area (Å²) in [5, 5.41) is 3.02. The second-order valence-corrected chi connectivity index (χ2v) is 6.85. The van der Waals surface area contributed by atoms with Gasteiger partial charge in [-0.1, -0.05) is 25.3 Å². The zero-order valence-corrected chi connectivity index (χ0v) is 16.3. The monoisotopic (exact) mass is 386 g/mol. The van der Waals surface area contributed by atoms with Crippen LogP contribution in [-0.2, 0) is 11.3 Å². The second-order valence-electron chi connectivity index (χ2n) is 6.85. The van der Waals surface area contributed by atoms with Gasteiger partial charge in [0.05, 0.1) is 12.2 Å². The molecule has 7 heteroatoms. The van der Waals surface area contributed by atoms with Crippen LogP contribution in [0.3, 0.4) is 0 Å². The number of aryl methyl sites for hydroxylation is 1. The number of hydrogen-bond donors (Lipinski definition) is 2. The second kappa shape index (κ2) is 9.41. The van der Waals surface area contributed by atoms with Crippen molar-refractivity contribution in [1.82, 2.24) is 14.7 Å². The minimum absolute atomic E-state index is 0. The van der Waals surface area contributed by atoms with Crippen molar-refractivity contribution >= 4 is 36.4 Å². The van der Waals surface area contributed by atoms with E-state index in [1.54, 1.807) is 0 Å². The fourth-order valence-corrected chi connectivity index (χ4v) is 3.63. The van der Waals surface area contributed by atoms with E-state index >= 15 is 0 Å². The molecule has 0 saturated heterocycles. The van der Waals surface area contributed by atoms with Crippen molar-refractivity contribution in [2.75, 3.05) is 6.54 Å². The molecule has 3 N–H and O–H groups in total. The maximum Gasteiger partial charge on any atom is 0.220 e. The van der Waals surface area contributed by atoms with Gasteiger partial charge in [-0.3, -0.25) is 4.79 Å². The van der Waals surface area contributed by atoms with Gasteiger partial charge in [0, 0.05) is 18.3 Å². The van der Waals surface area contributed by atoms with Gasteiger partial charge in [-0.05, 0) is 43.9 Å². The lowest BCUT2D eigenvalue weighted by molar-refractivity contribution is -0.124. The number of fused-ring (bicyclic) bond motifs is 1. The summed E-state index contributed by atoms with van der Waals surface area (Å²) in [6.45, 7) is 3.12. The van der Waals surface area contributed by atoms with Crippen LogP contribution < -0.4 is 11.1 Å². The van der Waals surface area contributed by atoms with Gasteiger partial charge in [0.2, 0.25) is 5.91 Å². The lowest BCUT2D eigenvalue weighted by Crippen LogP contribution is -2.38. The molecule has 1 fully saturated rings. The molecule has 0 bridgehead atoms. The fourth-order valence-electron chi connectivity index (χ4n) is 3.63. The predicted octanol–water partition coefficient (Wildman–Crippen LogP) is 3.40. The number of carbonyl (C=O) groups is 1. The Morgan fingerprint density at radius 2 is 2.00 bits per heavy atom. The summed E-state index contributed by atoms with van der Waals surface area (Å²) >= 11 is 0. The number of amides is 1. The van der Waals surface area contributed by atoms with Crippen LogP contribution in [0.15, 0.2) is 24.4 Å².